The highest BCUT2D eigenvalue weighted by Gasteiger charge is 2.33. The number of hydrogen-bond donors (Lipinski definition) is 1. The highest BCUT2D eigenvalue weighted by Crippen LogP contribution is 2.40. The van der Waals surface area contributed by atoms with Gasteiger partial charge < -0.3 is 5.32 Å². The van der Waals surface area contributed by atoms with E-state index >= 15 is 0 Å². The summed E-state index contributed by atoms with van der Waals surface area (Å²) in [5.74, 6) is 0.836. The smallest absolute Gasteiger partial charge is 0.130 e. The van der Waals surface area contributed by atoms with Crippen LogP contribution in [0.25, 0.3) is 0 Å². The largest absolute Gasteiger partial charge is 0.307 e. The van der Waals surface area contributed by atoms with E-state index in [1.54, 1.807) is 0 Å². The molecule has 0 aliphatic heterocycles. The predicted molar refractivity (Wildman–Crippen MR) is 81.0 cm³/mol. The van der Waals surface area contributed by atoms with E-state index in [2.05, 4.69) is 5.32 Å². The molecule has 4 unspecified atom stereocenters. The Morgan fingerprint density at radius 3 is 2.38 bits per heavy atom. The third-order valence-electron chi connectivity index (χ3n) is 5.46. The van der Waals surface area contributed by atoms with Crippen molar-refractivity contribution in [2.24, 2.45) is 11.8 Å². The quantitative estimate of drug-likeness (QED) is 0.829. The maximum atomic E-state index is 13.8. The van der Waals surface area contributed by atoms with Crippen LogP contribution in [0.3, 0.4) is 0 Å². The molecule has 0 radical (unpaired) electrons. The van der Waals surface area contributed by atoms with Gasteiger partial charge in [-0.3, -0.25) is 0 Å². The average Bonchev–Trinajstić information content (AvgIpc) is 2.47. The zero-order valence-electron chi connectivity index (χ0n) is 12.7. The predicted octanol–water partition coefficient (Wildman–Crippen LogP) is 4.97. The highest BCUT2D eigenvalue weighted by atomic mass is 19.1. The standard InChI is InChI=1S/C18H25F2N/c1-12(18-16(19)7-4-8-17(18)20)21-15-10-9-13-5-2-3-6-14(13)11-15/h4,7-8,12-15,21H,2-3,5-6,9-11H2,1H3. The third-order valence-corrected chi connectivity index (χ3v) is 5.46. The minimum atomic E-state index is -0.443. The Labute approximate surface area is 126 Å². The summed E-state index contributed by atoms with van der Waals surface area (Å²) in [5, 5.41) is 3.47. The summed E-state index contributed by atoms with van der Waals surface area (Å²) in [4.78, 5) is 0. The van der Waals surface area contributed by atoms with E-state index in [9.17, 15) is 8.78 Å². The summed E-state index contributed by atoms with van der Waals surface area (Å²) in [6.45, 7) is 1.87. The molecule has 2 fully saturated rings. The summed E-state index contributed by atoms with van der Waals surface area (Å²) in [6.07, 6.45) is 9.04. The topological polar surface area (TPSA) is 12.0 Å². The minimum absolute atomic E-state index is 0.184. The van der Waals surface area contributed by atoms with Gasteiger partial charge in [-0.2, -0.15) is 0 Å². The maximum Gasteiger partial charge on any atom is 0.130 e. The van der Waals surface area contributed by atoms with Crippen molar-refractivity contribution in [3.8, 4) is 0 Å². The SMILES string of the molecule is CC(NC1CCC2CCCCC2C1)c1c(F)cccc1F. The van der Waals surface area contributed by atoms with Crippen LogP contribution < -0.4 is 5.32 Å². The Hall–Kier alpha value is -0.960. The van der Waals surface area contributed by atoms with Gasteiger partial charge in [-0.1, -0.05) is 31.7 Å². The molecule has 21 heavy (non-hydrogen) atoms. The molecule has 1 N–H and O–H groups in total. The second-order valence-electron chi connectivity index (χ2n) is 6.84. The maximum absolute atomic E-state index is 13.8. The van der Waals surface area contributed by atoms with Gasteiger partial charge in [0.2, 0.25) is 0 Å². The second kappa shape index (κ2) is 6.43. The van der Waals surface area contributed by atoms with Crippen LogP contribution >= 0.6 is 0 Å². The zero-order valence-corrected chi connectivity index (χ0v) is 12.7. The fourth-order valence-electron chi connectivity index (χ4n) is 4.39. The summed E-state index contributed by atoms with van der Waals surface area (Å²) in [6, 6.07) is 4.24. The number of fused-ring (bicyclic) bond motifs is 1. The Morgan fingerprint density at radius 2 is 1.67 bits per heavy atom. The minimum Gasteiger partial charge on any atom is -0.307 e. The molecule has 116 valence electrons. The van der Waals surface area contributed by atoms with Gasteiger partial charge in [-0.25, -0.2) is 8.78 Å². The summed E-state index contributed by atoms with van der Waals surface area (Å²) >= 11 is 0. The van der Waals surface area contributed by atoms with Crippen LogP contribution in [0.15, 0.2) is 18.2 Å². The molecule has 4 atom stereocenters. The first-order valence-electron chi connectivity index (χ1n) is 8.35. The molecule has 0 bridgehead atoms. The summed E-state index contributed by atoms with van der Waals surface area (Å²) in [7, 11) is 0. The monoisotopic (exact) mass is 293 g/mol. The molecule has 0 aromatic heterocycles. The molecule has 0 heterocycles. The van der Waals surface area contributed by atoms with E-state index in [1.165, 1.54) is 56.7 Å². The molecule has 0 amide bonds. The van der Waals surface area contributed by atoms with Gasteiger partial charge in [-0.15, -0.1) is 0 Å². The van der Waals surface area contributed by atoms with Gasteiger partial charge in [0.05, 0.1) is 0 Å². The highest BCUT2D eigenvalue weighted by molar-refractivity contribution is 5.23. The van der Waals surface area contributed by atoms with Crippen LogP contribution in [0.4, 0.5) is 8.78 Å². The first-order chi connectivity index (χ1) is 10.1. The van der Waals surface area contributed by atoms with E-state index in [4.69, 9.17) is 0 Å². The Bertz CT molecular complexity index is 468. The molecule has 0 saturated heterocycles. The van der Waals surface area contributed by atoms with Crippen LogP contribution in [0.1, 0.15) is 63.5 Å². The van der Waals surface area contributed by atoms with Gasteiger partial charge in [0, 0.05) is 17.6 Å². The van der Waals surface area contributed by atoms with E-state index in [0.29, 0.717) is 6.04 Å². The van der Waals surface area contributed by atoms with Gasteiger partial charge in [-0.05, 0) is 50.2 Å². The van der Waals surface area contributed by atoms with Crippen molar-refractivity contribution in [1.29, 1.82) is 0 Å². The van der Waals surface area contributed by atoms with Crippen molar-refractivity contribution >= 4 is 0 Å². The average molecular weight is 293 g/mol. The van der Waals surface area contributed by atoms with Crippen molar-refractivity contribution in [2.45, 2.75) is 64.0 Å². The number of benzene rings is 1. The van der Waals surface area contributed by atoms with Crippen molar-refractivity contribution in [2.75, 3.05) is 0 Å². The third kappa shape index (κ3) is 3.28. The van der Waals surface area contributed by atoms with Gasteiger partial charge in [0.15, 0.2) is 0 Å². The van der Waals surface area contributed by atoms with Gasteiger partial charge >= 0.3 is 0 Å². The zero-order chi connectivity index (χ0) is 14.8. The lowest BCUT2D eigenvalue weighted by atomic mass is 9.69. The van der Waals surface area contributed by atoms with E-state index in [1.807, 2.05) is 6.92 Å². The van der Waals surface area contributed by atoms with Gasteiger partial charge in [0.25, 0.3) is 0 Å². The first-order valence-corrected chi connectivity index (χ1v) is 8.35. The van der Waals surface area contributed by atoms with E-state index in [-0.39, 0.29) is 11.6 Å². The van der Waals surface area contributed by atoms with Crippen molar-refractivity contribution < 1.29 is 8.78 Å². The van der Waals surface area contributed by atoms with Crippen molar-refractivity contribution in [3.63, 3.8) is 0 Å². The van der Waals surface area contributed by atoms with Crippen molar-refractivity contribution in [1.82, 2.24) is 5.32 Å². The number of halogens is 2. The molecule has 2 aliphatic carbocycles. The lowest BCUT2D eigenvalue weighted by Crippen LogP contribution is -2.40. The van der Waals surface area contributed by atoms with Crippen LogP contribution in [-0.2, 0) is 0 Å². The molecular formula is C18H25F2N. The van der Waals surface area contributed by atoms with Crippen molar-refractivity contribution in [3.05, 3.63) is 35.4 Å². The Morgan fingerprint density at radius 1 is 1.00 bits per heavy atom. The Kier molecular flexibility index (Phi) is 4.58. The normalized spacial score (nSPS) is 30.7. The number of rotatable bonds is 3. The molecule has 1 aromatic rings. The van der Waals surface area contributed by atoms with Crippen LogP contribution in [0.5, 0.6) is 0 Å². The number of hydrogen-bond acceptors (Lipinski definition) is 1. The van der Waals surface area contributed by atoms with E-state index in [0.717, 1.165) is 18.3 Å². The lowest BCUT2D eigenvalue weighted by Gasteiger charge is -2.40. The molecule has 0 spiro atoms. The van der Waals surface area contributed by atoms with Crippen LogP contribution in [0, 0.1) is 23.5 Å². The second-order valence-corrected chi connectivity index (χ2v) is 6.84. The lowest BCUT2D eigenvalue weighted by molar-refractivity contribution is 0.139. The first kappa shape index (κ1) is 15.0. The fourth-order valence-corrected chi connectivity index (χ4v) is 4.39. The van der Waals surface area contributed by atoms with Crippen LogP contribution in [-0.4, -0.2) is 6.04 Å². The molecule has 3 rings (SSSR count). The molecule has 3 heteroatoms. The molecule has 2 aliphatic rings. The molecular weight excluding hydrogens is 268 g/mol. The Balaban J connectivity index is 1.64. The summed E-state index contributed by atoms with van der Waals surface area (Å²) < 4.78 is 27.7. The molecule has 1 nitrogen and oxygen atoms in total. The fraction of sp³-hybridized carbons (Fsp3) is 0.667. The molecule has 1 aromatic carbocycles. The van der Waals surface area contributed by atoms with E-state index < -0.39 is 11.6 Å². The number of nitrogens with one attached hydrogen (secondary N) is 1. The summed E-state index contributed by atoms with van der Waals surface area (Å²) in [5.41, 5.74) is 0.184. The van der Waals surface area contributed by atoms with Crippen LogP contribution in [0.2, 0.25) is 0 Å². The molecule has 2 saturated carbocycles. The van der Waals surface area contributed by atoms with Gasteiger partial charge in [0.1, 0.15) is 11.6 Å².